The van der Waals surface area contributed by atoms with E-state index in [2.05, 4.69) is 12.1 Å². The van der Waals surface area contributed by atoms with Crippen LogP contribution in [0.3, 0.4) is 0 Å². The molecule has 2 aromatic carbocycles. The molecule has 2 atom stereocenters. The van der Waals surface area contributed by atoms with E-state index in [1.807, 2.05) is 23.1 Å². The second-order valence-corrected chi connectivity index (χ2v) is 7.84. The second-order valence-electron chi connectivity index (χ2n) is 7.84. The van der Waals surface area contributed by atoms with Gasteiger partial charge in [-0.25, -0.2) is 4.79 Å². The third kappa shape index (κ3) is 4.71. The van der Waals surface area contributed by atoms with Crippen LogP contribution in [-0.4, -0.2) is 67.5 Å². The van der Waals surface area contributed by atoms with Crippen molar-refractivity contribution in [2.24, 2.45) is 5.92 Å². The fourth-order valence-electron chi connectivity index (χ4n) is 4.05. The van der Waals surface area contributed by atoms with Crippen molar-refractivity contribution >= 4 is 17.8 Å². The fourth-order valence-corrected chi connectivity index (χ4v) is 4.05. The van der Waals surface area contributed by atoms with Gasteiger partial charge in [-0.2, -0.15) is 0 Å². The highest BCUT2D eigenvalue weighted by Crippen LogP contribution is 2.48. The van der Waals surface area contributed by atoms with E-state index in [4.69, 9.17) is 9.47 Å². The maximum absolute atomic E-state index is 12.8. The summed E-state index contributed by atoms with van der Waals surface area (Å²) in [5.74, 6) is 0.199. The molecule has 0 aromatic heterocycles. The van der Waals surface area contributed by atoms with E-state index in [1.54, 1.807) is 29.2 Å². The Hall–Kier alpha value is -3.35. The summed E-state index contributed by atoms with van der Waals surface area (Å²) in [6, 6.07) is 16.8. The molecule has 1 saturated carbocycles. The first-order valence-electron chi connectivity index (χ1n) is 10.5. The van der Waals surface area contributed by atoms with E-state index < -0.39 is 5.97 Å². The number of esters is 1. The molecule has 2 aliphatic rings. The number of carbonyl (C=O) groups excluding carboxylic acids is 3. The molecule has 1 aliphatic carbocycles. The van der Waals surface area contributed by atoms with Crippen LogP contribution in [0.15, 0.2) is 54.6 Å². The highest BCUT2D eigenvalue weighted by atomic mass is 16.5. The number of rotatable bonds is 6. The monoisotopic (exact) mass is 422 g/mol. The van der Waals surface area contributed by atoms with Crippen LogP contribution in [0.2, 0.25) is 0 Å². The minimum absolute atomic E-state index is 0.0582. The standard InChI is InChI=1S/C24H26N2O5/c1-30-24(29)18-9-5-6-10-21(18)31-16-22(27)25-11-13-26(14-12-25)23(28)20-15-19(20)17-7-3-2-4-8-17/h2-10,19-20H,11-16H2,1H3/t19-,20+/m0/s1. The van der Waals surface area contributed by atoms with Crippen molar-refractivity contribution in [3.8, 4) is 5.75 Å². The lowest BCUT2D eigenvalue weighted by Crippen LogP contribution is -2.52. The first kappa shape index (κ1) is 20.9. The van der Waals surface area contributed by atoms with E-state index >= 15 is 0 Å². The molecule has 162 valence electrons. The van der Waals surface area contributed by atoms with Crippen LogP contribution < -0.4 is 4.74 Å². The highest BCUT2D eigenvalue weighted by Gasteiger charge is 2.46. The molecular formula is C24H26N2O5. The molecule has 0 radical (unpaired) electrons. The van der Waals surface area contributed by atoms with Crippen molar-refractivity contribution in [2.45, 2.75) is 12.3 Å². The summed E-state index contributed by atoms with van der Waals surface area (Å²) in [5.41, 5.74) is 1.50. The lowest BCUT2D eigenvalue weighted by molar-refractivity contribution is -0.141. The van der Waals surface area contributed by atoms with Gasteiger partial charge in [-0.3, -0.25) is 9.59 Å². The molecule has 2 aromatic rings. The van der Waals surface area contributed by atoms with Crippen LogP contribution >= 0.6 is 0 Å². The molecule has 7 heteroatoms. The molecule has 7 nitrogen and oxygen atoms in total. The van der Waals surface area contributed by atoms with Gasteiger partial charge in [0.1, 0.15) is 11.3 Å². The lowest BCUT2D eigenvalue weighted by Gasteiger charge is -2.35. The van der Waals surface area contributed by atoms with Gasteiger partial charge in [0.05, 0.1) is 7.11 Å². The normalized spacial score (nSPS) is 20.2. The largest absolute Gasteiger partial charge is 0.483 e. The Morgan fingerprint density at radius 3 is 2.26 bits per heavy atom. The maximum atomic E-state index is 12.8. The Morgan fingerprint density at radius 1 is 0.903 bits per heavy atom. The van der Waals surface area contributed by atoms with E-state index in [0.29, 0.717) is 37.8 Å². The van der Waals surface area contributed by atoms with Crippen molar-refractivity contribution in [1.29, 1.82) is 0 Å². The predicted octanol–water partition coefficient (Wildman–Crippen LogP) is 2.33. The molecule has 31 heavy (non-hydrogen) atoms. The number of hydrogen-bond donors (Lipinski definition) is 0. The van der Waals surface area contributed by atoms with E-state index in [-0.39, 0.29) is 29.9 Å². The Morgan fingerprint density at radius 2 is 1.55 bits per heavy atom. The minimum Gasteiger partial charge on any atom is -0.483 e. The number of piperazine rings is 1. The molecule has 0 unspecified atom stereocenters. The molecule has 2 amide bonds. The molecule has 0 bridgehead atoms. The van der Waals surface area contributed by atoms with Crippen LogP contribution in [0.1, 0.15) is 28.3 Å². The Bertz CT molecular complexity index is 953. The van der Waals surface area contributed by atoms with Crippen molar-refractivity contribution in [3.05, 3.63) is 65.7 Å². The maximum Gasteiger partial charge on any atom is 0.341 e. The average Bonchev–Trinajstić information content (AvgIpc) is 3.63. The third-order valence-electron chi connectivity index (χ3n) is 5.92. The zero-order valence-electron chi connectivity index (χ0n) is 17.5. The number of amides is 2. The van der Waals surface area contributed by atoms with Gasteiger partial charge < -0.3 is 19.3 Å². The van der Waals surface area contributed by atoms with E-state index in [9.17, 15) is 14.4 Å². The smallest absolute Gasteiger partial charge is 0.341 e. The van der Waals surface area contributed by atoms with Gasteiger partial charge in [0.2, 0.25) is 5.91 Å². The van der Waals surface area contributed by atoms with Crippen molar-refractivity contribution in [3.63, 3.8) is 0 Å². The fraction of sp³-hybridized carbons (Fsp3) is 0.375. The molecular weight excluding hydrogens is 396 g/mol. The minimum atomic E-state index is -0.510. The topological polar surface area (TPSA) is 76.2 Å². The van der Waals surface area contributed by atoms with Gasteiger partial charge in [0.25, 0.3) is 5.91 Å². The summed E-state index contributed by atoms with van der Waals surface area (Å²) in [6.07, 6.45) is 0.898. The zero-order valence-corrected chi connectivity index (χ0v) is 17.5. The molecule has 0 N–H and O–H groups in total. The quantitative estimate of drug-likeness (QED) is 0.668. The van der Waals surface area contributed by atoms with Crippen molar-refractivity contribution in [2.75, 3.05) is 39.9 Å². The van der Waals surface area contributed by atoms with Crippen LogP contribution in [0.4, 0.5) is 0 Å². The summed E-state index contributed by atoms with van der Waals surface area (Å²) in [7, 11) is 1.30. The predicted molar refractivity (Wildman–Crippen MR) is 114 cm³/mol. The summed E-state index contributed by atoms with van der Waals surface area (Å²) in [5, 5.41) is 0. The number of ether oxygens (including phenoxy) is 2. The summed E-state index contributed by atoms with van der Waals surface area (Å²) < 4.78 is 10.3. The Labute approximate surface area is 181 Å². The van der Waals surface area contributed by atoms with Crippen LogP contribution in [0.5, 0.6) is 5.75 Å². The third-order valence-corrected chi connectivity index (χ3v) is 5.92. The molecule has 1 heterocycles. The number of methoxy groups -OCH3 is 1. The molecule has 1 saturated heterocycles. The highest BCUT2D eigenvalue weighted by molar-refractivity contribution is 5.92. The second kappa shape index (κ2) is 9.20. The summed E-state index contributed by atoms with van der Waals surface area (Å²) in [4.78, 5) is 40.8. The van der Waals surface area contributed by atoms with Gasteiger partial charge in [-0.15, -0.1) is 0 Å². The Balaban J connectivity index is 1.25. The Kier molecular flexibility index (Phi) is 6.21. The van der Waals surface area contributed by atoms with Gasteiger partial charge in [-0.1, -0.05) is 42.5 Å². The van der Waals surface area contributed by atoms with Gasteiger partial charge >= 0.3 is 5.97 Å². The summed E-state index contributed by atoms with van der Waals surface area (Å²) in [6.45, 7) is 1.86. The molecule has 2 fully saturated rings. The van der Waals surface area contributed by atoms with Crippen molar-refractivity contribution < 1.29 is 23.9 Å². The van der Waals surface area contributed by atoms with Gasteiger partial charge in [-0.05, 0) is 30.0 Å². The summed E-state index contributed by atoms with van der Waals surface area (Å²) >= 11 is 0. The SMILES string of the molecule is COC(=O)c1ccccc1OCC(=O)N1CCN(C(=O)[C@@H]2C[C@H]2c2ccccc2)CC1. The van der Waals surface area contributed by atoms with Crippen LogP contribution in [-0.2, 0) is 14.3 Å². The van der Waals surface area contributed by atoms with Crippen molar-refractivity contribution in [1.82, 2.24) is 9.80 Å². The zero-order chi connectivity index (χ0) is 21.8. The van der Waals surface area contributed by atoms with Crippen LogP contribution in [0.25, 0.3) is 0 Å². The molecule has 0 spiro atoms. The lowest BCUT2D eigenvalue weighted by atomic mass is 10.1. The number of carbonyl (C=O) groups is 3. The van der Waals surface area contributed by atoms with E-state index in [0.717, 1.165) is 6.42 Å². The number of benzene rings is 2. The first-order valence-corrected chi connectivity index (χ1v) is 10.5. The first-order chi connectivity index (χ1) is 15.1. The number of para-hydroxylation sites is 1. The number of hydrogen-bond acceptors (Lipinski definition) is 5. The molecule has 1 aliphatic heterocycles. The number of nitrogens with zero attached hydrogens (tertiary/aromatic N) is 2. The van der Waals surface area contributed by atoms with Crippen LogP contribution in [0, 0.1) is 5.92 Å². The van der Waals surface area contributed by atoms with Gasteiger partial charge in [0, 0.05) is 32.1 Å². The van der Waals surface area contributed by atoms with Gasteiger partial charge in [0.15, 0.2) is 6.61 Å². The van der Waals surface area contributed by atoms with E-state index in [1.165, 1.54) is 12.7 Å². The average molecular weight is 422 g/mol. The molecule has 4 rings (SSSR count).